The fraction of sp³-hybridized carbons (Fsp3) is 0.364. The first kappa shape index (κ1) is 23.1. The minimum atomic E-state index is -4.36. The number of H-pyrrole nitrogens is 1. The zero-order valence-corrected chi connectivity index (χ0v) is 19.0. The Morgan fingerprint density at radius 2 is 1.94 bits per heavy atom. The van der Waals surface area contributed by atoms with Gasteiger partial charge in [0, 0.05) is 25.3 Å². The van der Waals surface area contributed by atoms with Gasteiger partial charge in [0.15, 0.2) is 11.5 Å². The fourth-order valence-corrected chi connectivity index (χ4v) is 5.31. The van der Waals surface area contributed by atoms with Crippen molar-refractivity contribution < 1.29 is 27.0 Å². The lowest BCUT2D eigenvalue weighted by molar-refractivity contribution is 0.0921. The Hall–Kier alpha value is -3.02. The fourth-order valence-electron chi connectivity index (χ4n) is 3.81. The summed E-state index contributed by atoms with van der Waals surface area (Å²) < 4.78 is 59.0. The molecule has 0 spiro atoms. The molecule has 4 rings (SSSR count). The van der Waals surface area contributed by atoms with Crippen molar-refractivity contribution in [3.8, 4) is 11.5 Å². The van der Waals surface area contributed by atoms with Crippen molar-refractivity contribution >= 4 is 20.9 Å². The molecule has 0 bridgehead atoms. The molecule has 1 N–H and O–H groups in total. The number of methoxy groups -OCH3 is 2. The summed E-state index contributed by atoms with van der Waals surface area (Å²) in [7, 11) is -1.70. The molecule has 0 radical (unpaired) electrons. The molecule has 11 heteroatoms. The third kappa shape index (κ3) is 4.70. The van der Waals surface area contributed by atoms with Crippen LogP contribution in [0.15, 0.2) is 46.1 Å². The second-order valence-corrected chi connectivity index (χ2v) is 9.51. The topological polar surface area (TPSA) is 111 Å². The Balaban J connectivity index is 1.76. The van der Waals surface area contributed by atoms with Crippen LogP contribution in [-0.4, -0.2) is 56.2 Å². The maximum absolute atomic E-state index is 14.9. The van der Waals surface area contributed by atoms with Gasteiger partial charge >= 0.3 is 0 Å². The predicted molar refractivity (Wildman–Crippen MR) is 118 cm³/mol. The molecule has 0 aliphatic carbocycles. The summed E-state index contributed by atoms with van der Waals surface area (Å²) in [5.41, 5.74) is 0.0466. The van der Waals surface area contributed by atoms with Crippen molar-refractivity contribution in [1.82, 2.24) is 14.3 Å². The van der Waals surface area contributed by atoms with Crippen LogP contribution in [-0.2, 0) is 21.3 Å². The van der Waals surface area contributed by atoms with Gasteiger partial charge in [-0.05, 0) is 25.0 Å². The smallest absolute Gasteiger partial charge is 0.258 e. The molecular weight excluding hydrogens is 453 g/mol. The van der Waals surface area contributed by atoms with E-state index < -0.39 is 20.7 Å². The van der Waals surface area contributed by atoms with Gasteiger partial charge in [-0.15, -0.1) is 0 Å². The molecule has 9 nitrogen and oxygen atoms in total. The summed E-state index contributed by atoms with van der Waals surface area (Å²) in [5, 5.41) is 0.390. The zero-order valence-electron chi connectivity index (χ0n) is 18.2. The number of hydrogen-bond acceptors (Lipinski definition) is 7. The van der Waals surface area contributed by atoms with E-state index in [1.165, 1.54) is 14.2 Å². The van der Waals surface area contributed by atoms with Gasteiger partial charge in [-0.25, -0.2) is 17.8 Å². The van der Waals surface area contributed by atoms with Crippen LogP contribution in [0, 0.1) is 5.82 Å². The molecule has 2 heterocycles. The number of aromatic amines is 1. The van der Waals surface area contributed by atoms with Crippen molar-refractivity contribution in [2.75, 3.05) is 27.4 Å². The number of para-hydroxylation sites is 1. The Labute approximate surface area is 190 Å². The van der Waals surface area contributed by atoms with Gasteiger partial charge < -0.3 is 19.2 Å². The standard InChI is InChI=1S/C22H24FN3O6S/c1-30-18-10-16(23)20(11-19(18)31-2)33(28,29)26(12-14-6-5-9-32-14)13-21-24-17-8-4-3-7-15(17)22(27)25-21/h3-4,7-8,10-11,14H,5-6,9,12-13H2,1-2H3,(H,24,25,27)/t14-/m0/s1. The van der Waals surface area contributed by atoms with Crippen molar-refractivity contribution in [3.05, 3.63) is 58.4 Å². The molecule has 0 amide bonds. The lowest BCUT2D eigenvalue weighted by atomic mass is 10.2. The molecule has 1 saturated heterocycles. The van der Waals surface area contributed by atoms with E-state index in [9.17, 15) is 17.6 Å². The minimum Gasteiger partial charge on any atom is -0.493 e. The molecular formula is C22H24FN3O6S. The summed E-state index contributed by atoms with van der Waals surface area (Å²) >= 11 is 0. The Kier molecular flexibility index (Phi) is 6.63. The van der Waals surface area contributed by atoms with Gasteiger partial charge in [-0.3, -0.25) is 4.79 Å². The highest BCUT2D eigenvalue weighted by Crippen LogP contribution is 2.34. The van der Waals surface area contributed by atoms with Crippen LogP contribution in [0.3, 0.4) is 0 Å². The first-order valence-corrected chi connectivity index (χ1v) is 11.8. The number of halogens is 1. The van der Waals surface area contributed by atoms with E-state index in [0.29, 0.717) is 23.9 Å². The van der Waals surface area contributed by atoms with E-state index in [1.54, 1.807) is 24.3 Å². The number of rotatable bonds is 8. The number of aromatic nitrogens is 2. The van der Waals surface area contributed by atoms with Crippen molar-refractivity contribution in [2.45, 2.75) is 30.4 Å². The lowest BCUT2D eigenvalue weighted by Crippen LogP contribution is -2.38. The van der Waals surface area contributed by atoms with E-state index in [-0.39, 0.29) is 42.1 Å². The Bertz CT molecular complexity index is 1320. The lowest BCUT2D eigenvalue weighted by Gasteiger charge is -2.25. The molecule has 1 aliphatic rings. The monoisotopic (exact) mass is 477 g/mol. The zero-order chi connectivity index (χ0) is 23.6. The van der Waals surface area contributed by atoms with E-state index in [2.05, 4.69) is 9.97 Å². The van der Waals surface area contributed by atoms with Gasteiger partial charge in [0.2, 0.25) is 10.0 Å². The van der Waals surface area contributed by atoms with Crippen LogP contribution in [0.1, 0.15) is 18.7 Å². The van der Waals surface area contributed by atoms with Crippen LogP contribution >= 0.6 is 0 Å². The first-order chi connectivity index (χ1) is 15.8. The molecule has 33 heavy (non-hydrogen) atoms. The second-order valence-electron chi connectivity index (χ2n) is 7.60. The molecule has 0 saturated carbocycles. The normalized spacial score (nSPS) is 16.4. The number of sulfonamides is 1. The highest BCUT2D eigenvalue weighted by Gasteiger charge is 2.33. The average molecular weight is 478 g/mol. The summed E-state index contributed by atoms with van der Waals surface area (Å²) in [6.07, 6.45) is 1.12. The largest absolute Gasteiger partial charge is 0.493 e. The first-order valence-electron chi connectivity index (χ1n) is 10.3. The minimum absolute atomic E-state index is 0.0212. The molecule has 176 valence electrons. The van der Waals surface area contributed by atoms with Crippen molar-refractivity contribution in [2.24, 2.45) is 0 Å². The Morgan fingerprint density at radius 1 is 1.21 bits per heavy atom. The summed E-state index contributed by atoms with van der Waals surface area (Å²) in [4.78, 5) is 18.9. The quantitative estimate of drug-likeness (QED) is 0.531. The highest BCUT2D eigenvalue weighted by atomic mass is 32.2. The van der Waals surface area contributed by atoms with Crippen LogP contribution in [0.4, 0.5) is 4.39 Å². The van der Waals surface area contributed by atoms with Crippen LogP contribution < -0.4 is 15.0 Å². The average Bonchev–Trinajstić information content (AvgIpc) is 3.31. The molecule has 1 atom stereocenters. The number of benzene rings is 2. The van der Waals surface area contributed by atoms with Gasteiger partial charge in [-0.2, -0.15) is 4.31 Å². The predicted octanol–water partition coefficient (Wildman–Crippen LogP) is 2.45. The molecule has 3 aromatic rings. The third-order valence-corrected chi connectivity index (χ3v) is 7.30. The van der Waals surface area contributed by atoms with E-state index in [0.717, 1.165) is 22.9 Å². The van der Waals surface area contributed by atoms with E-state index >= 15 is 0 Å². The number of nitrogens with zero attached hydrogens (tertiary/aromatic N) is 2. The summed E-state index contributed by atoms with van der Waals surface area (Å²) in [6.45, 7) is 0.233. The molecule has 1 aliphatic heterocycles. The summed E-state index contributed by atoms with van der Waals surface area (Å²) in [5.74, 6) is -0.696. The number of ether oxygens (including phenoxy) is 3. The maximum Gasteiger partial charge on any atom is 0.258 e. The highest BCUT2D eigenvalue weighted by molar-refractivity contribution is 7.89. The van der Waals surface area contributed by atoms with Crippen LogP contribution in [0.2, 0.25) is 0 Å². The maximum atomic E-state index is 14.9. The second kappa shape index (κ2) is 9.46. The summed E-state index contributed by atoms with van der Waals surface area (Å²) in [6, 6.07) is 8.80. The molecule has 0 unspecified atom stereocenters. The van der Waals surface area contributed by atoms with E-state index in [4.69, 9.17) is 14.2 Å². The van der Waals surface area contributed by atoms with Gasteiger partial charge in [0.25, 0.3) is 5.56 Å². The third-order valence-electron chi connectivity index (χ3n) is 5.48. The van der Waals surface area contributed by atoms with Gasteiger partial charge in [-0.1, -0.05) is 12.1 Å². The molecule has 2 aromatic carbocycles. The van der Waals surface area contributed by atoms with Crippen LogP contribution in [0.5, 0.6) is 11.5 Å². The van der Waals surface area contributed by atoms with Crippen molar-refractivity contribution in [1.29, 1.82) is 0 Å². The SMILES string of the molecule is COc1cc(F)c(S(=O)(=O)N(Cc2nc3ccccc3c(=O)[nH]2)C[C@@H]2CCCO2)cc1OC. The molecule has 1 aromatic heterocycles. The number of hydrogen-bond donors (Lipinski definition) is 1. The molecule has 1 fully saturated rings. The van der Waals surface area contributed by atoms with E-state index in [1.807, 2.05) is 0 Å². The number of fused-ring (bicyclic) bond motifs is 1. The van der Waals surface area contributed by atoms with Crippen LogP contribution in [0.25, 0.3) is 10.9 Å². The number of nitrogens with one attached hydrogen (secondary N) is 1. The van der Waals surface area contributed by atoms with Gasteiger partial charge in [0.1, 0.15) is 16.5 Å². The van der Waals surface area contributed by atoms with Crippen molar-refractivity contribution in [3.63, 3.8) is 0 Å². The van der Waals surface area contributed by atoms with Gasteiger partial charge in [0.05, 0.1) is 37.8 Å². The Morgan fingerprint density at radius 3 is 2.64 bits per heavy atom.